The predicted octanol–water partition coefficient (Wildman–Crippen LogP) is 6.83. The fourth-order valence-corrected chi connectivity index (χ4v) is 5.16. The van der Waals surface area contributed by atoms with Gasteiger partial charge in [0.05, 0.1) is 23.1 Å². The molecule has 0 radical (unpaired) electrons. The van der Waals surface area contributed by atoms with Crippen molar-refractivity contribution >= 4 is 52.8 Å². The maximum atomic E-state index is 15.5. The normalized spacial score (nSPS) is 13.0. The van der Waals surface area contributed by atoms with Crippen molar-refractivity contribution in [2.24, 2.45) is 0 Å². The van der Waals surface area contributed by atoms with Gasteiger partial charge in [-0.05, 0) is 62.4 Å². The summed E-state index contributed by atoms with van der Waals surface area (Å²) in [5.41, 5.74) is -0.599. The third-order valence-electron chi connectivity index (χ3n) is 6.13. The molecule has 41 heavy (non-hydrogen) atoms. The molecule has 2 amide bonds. The summed E-state index contributed by atoms with van der Waals surface area (Å²) in [6.07, 6.45) is 4.46. The van der Waals surface area contributed by atoms with Crippen molar-refractivity contribution in [2.75, 3.05) is 23.9 Å². The summed E-state index contributed by atoms with van der Waals surface area (Å²) in [6, 6.07) is 6.72. The molecule has 0 aliphatic heterocycles. The van der Waals surface area contributed by atoms with Crippen molar-refractivity contribution in [3.8, 4) is 0 Å². The van der Waals surface area contributed by atoms with Crippen molar-refractivity contribution in [3.63, 3.8) is 0 Å². The van der Waals surface area contributed by atoms with Gasteiger partial charge in [-0.3, -0.25) is 14.4 Å². The summed E-state index contributed by atoms with van der Waals surface area (Å²) in [5, 5.41) is -0.0474. The molecule has 0 bridgehead atoms. The first kappa shape index (κ1) is 32.0. The van der Waals surface area contributed by atoms with Gasteiger partial charge < -0.3 is 9.47 Å². The Labute approximate surface area is 246 Å². The summed E-state index contributed by atoms with van der Waals surface area (Å²) in [5.74, 6) is -5.09. The molecule has 0 aromatic heterocycles. The van der Waals surface area contributed by atoms with E-state index in [0.29, 0.717) is 24.2 Å². The van der Waals surface area contributed by atoms with E-state index in [1.165, 1.54) is 24.3 Å². The average molecular weight is 606 g/mol. The van der Waals surface area contributed by atoms with Gasteiger partial charge in [-0.25, -0.2) is 18.5 Å². The lowest BCUT2D eigenvalue weighted by atomic mass is 9.90. The number of rotatable bonds is 12. The minimum Gasteiger partial charge on any atom is -0.465 e. The summed E-state index contributed by atoms with van der Waals surface area (Å²) in [7, 11) is 0. The van der Waals surface area contributed by atoms with Gasteiger partial charge in [0, 0.05) is 21.6 Å². The lowest BCUT2D eigenvalue weighted by molar-refractivity contribution is -0.140. The number of amides is 2. The Hall–Kier alpha value is -3.50. The second-order valence-corrected chi connectivity index (χ2v) is 10.5. The molecular formula is C30H30ClF2NO6S. The average Bonchev–Trinajstić information content (AvgIpc) is 2.96. The van der Waals surface area contributed by atoms with Crippen molar-refractivity contribution in [1.29, 1.82) is 0 Å². The van der Waals surface area contributed by atoms with Crippen molar-refractivity contribution < 1.29 is 37.4 Å². The summed E-state index contributed by atoms with van der Waals surface area (Å²) >= 11 is 7.19. The molecular weight excluding hydrogens is 576 g/mol. The van der Waals surface area contributed by atoms with E-state index in [-0.39, 0.29) is 58.4 Å². The molecule has 0 N–H and O–H groups in total. The lowest BCUT2D eigenvalue weighted by Gasteiger charge is -2.26. The number of nitrogens with zero attached hydrogens (tertiary/aromatic N) is 1. The molecule has 0 spiro atoms. The standard InChI is InChI=1S/C30H30ClF2NO6S/c1-3-5-14-39-27(35)18-41-26-17-25(24(33)16-23(26)31)34(28(36)19-9-8-10-20(32)15-19)29(37)21-11-6-7-12-22(21)30(38)40-13-4-2/h4,8-10,15-17H,2-3,5-7,11-14,18H2,1H3. The zero-order valence-electron chi connectivity index (χ0n) is 22.6. The molecule has 218 valence electrons. The molecule has 11 heteroatoms. The number of carbonyl (C=O) groups is 4. The molecule has 1 aliphatic rings. The number of carbonyl (C=O) groups excluding carboxylic acids is 4. The number of ether oxygens (including phenoxy) is 2. The minimum absolute atomic E-state index is 0.00174. The largest absolute Gasteiger partial charge is 0.465 e. The number of anilines is 1. The molecule has 2 aromatic carbocycles. The molecule has 3 rings (SSSR count). The molecule has 0 heterocycles. The third-order valence-corrected chi connectivity index (χ3v) is 7.58. The van der Waals surface area contributed by atoms with Crippen LogP contribution in [0.4, 0.5) is 14.5 Å². The van der Waals surface area contributed by atoms with E-state index >= 15 is 4.39 Å². The van der Waals surface area contributed by atoms with E-state index in [2.05, 4.69) is 6.58 Å². The number of unbranched alkanes of at least 4 members (excludes halogenated alkanes) is 1. The van der Waals surface area contributed by atoms with Gasteiger partial charge in [-0.1, -0.05) is 43.7 Å². The van der Waals surface area contributed by atoms with E-state index in [4.69, 9.17) is 21.1 Å². The van der Waals surface area contributed by atoms with Gasteiger partial charge in [-0.2, -0.15) is 0 Å². The highest BCUT2D eigenvalue weighted by atomic mass is 35.5. The highest BCUT2D eigenvalue weighted by molar-refractivity contribution is 8.00. The monoisotopic (exact) mass is 605 g/mol. The molecule has 7 nitrogen and oxygen atoms in total. The van der Waals surface area contributed by atoms with Crippen molar-refractivity contribution in [1.82, 2.24) is 0 Å². The third kappa shape index (κ3) is 8.50. The second-order valence-electron chi connectivity index (χ2n) is 9.10. The Morgan fingerprint density at radius 1 is 1.05 bits per heavy atom. The molecule has 0 unspecified atom stereocenters. The van der Waals surface area contributed by atoms with Gasteiger partial charge in [0.2, 0.25) is 0 Å². The molecule has 0 fully saturated rings. The number of hydrogen-bond acceptors (Lipinski definition) is 7. The highest BCUT2D eigenvalue weighted by Gasteiger charge is 2.34. The van der Waals surface area contributed by atoms with Crippen LogP contribution in [0.15, 0.2) is 65.1 Å². The first-order chi connectivity index (χ1) is 19.7. The first-order valence-electron chi connectivity index (χ1n) is 13.1. The molecule has 0 atom stereocenters. The van der Waals surface area contributed by atoms with Gasteiger partial charge in [0.1, 0.15) is 18.2 Å². The maximum Gasteiger partial charge on any atom is 0.334 e. The number of imide groups is 1. The van der Waals surface area contributed by atoms with Gasteiger partial charge in [0.15, 0.2) is 0 Å². The fourth-order valence-electron chi connectivity index (χ4n) is 4.09. The molecule has 2 aromatic rings. The topological polar surface area (TPSA) is 90.0 Å². The molecule has 1 aliphatic carbocycles. The number of thioether (sulfide) groups is 1. The van der Waals surface area contributed by atoms with E-state index in [9.17, 15) is 23.6 Å². The zero-order valence-corrected chi connectivity index (χ0v) is 24.1. The van der Waals surface area contributed by atoms with Crippen LogP contribution in [0.1, 0.15) is 55.8 Å². The van der Waals surface area contributed by atoms with Crippen LogP contribution in [0, 0.1) is 11.6 Å². The molecule has 0 saturated carbocycles. The van der Waals surface area contributed by atoms with Crippen molar-refractivity contribution in [3.05, 3.63) is 82.4 Å². The van der Waals surface area contributed by atoms with Crippen LogP contribution in [0.3, 0.4) is 0 Å². The summed E-state index contributed by atoms with van der Waals surface area (Å²) in [4.78, 5) is 53.4. The maximum absolute atomic E-state index is 15.5. The van der Waals surface area contributed by atoms with Gasteiger partial charge in [0.25, 0.3) is 11.8 Å². The molecule has 0 saturated heterocycles. The van der Waals surface area contributed by atoms with Crippen molar-refractivity contribution in [2.45, 2.75) is 50.3 Å². The predicted molar refractivity (Wildman–Crippen MR) is 153 cm³/mol. The van der Waals surface area contributed by atoms with Crippen LogP contribution < -0.4 is 4.90 Å². The number of hydrogen-bond donors (Lipinski definition) is 0. The second kappa shape index (κ2) is 15.5. The van der Waals surface area contributed by atoms with Crippen LogP contribution in [-0.2, 0) is 23.9 Å². The SMILES string of the molecule is C=CCOC(=O)C1=C(C(=O)N(C(=O)c2cccc(F)c2)c2cc(SCC(=O)OCCCC)c(Cl)cc2F)CCCC1. The van der Waals surface area contributed by atoms with Gasteiger partial charge >= 0.3 is 11.9 Å². The Bertz CT molecular complexity index is 1360. The van der Waals surface area contributed by atoms with Crippen LogP contribution in [0.2, 0.25) is 5.02 Å². The Balaban J connectivity index is 2.07. The Morgan fingerprint density at radius 3 is 2.46 bits per heavy atom. The fraction of sp³-hybridized carbons (Fsp3) is 0.333. The van der Waals surface area contributed by atoms with Crippen LogP contribution in [0.5, 0.6) is 0 Å². The Kier molecular flexibility index (Phi) is 12.1. The van der Waals surface area contributed by atoms with E-state index < -0.39 is 41.1 Å². The van der Waals surface area contributed by atoms with E-state index in [1.807, 2.05) is 6.92 Å². The number of halogens is 3. The summed E-state index contributed by atoms with van der Waals surface area (Å²) in [6.45, 7) is 5.64. The number of esters is 2. The zero-order chi connectivity index (χ0) is 29.9. The minimum atomic E-state index is -1.01. The quantitative estimate of drug-likeness (QED) is 0.0861. The summed E-state index contributed by atoms with van der Waals surface area (Å²) < 4.78 is 39.8. The Morgan fingerprint density at radius 2 is 1.78 bits per heavy atom. The van der Waals surface area contributed by atoms with E-state index in [1.54, 1.807) is 0 Å². The van der Waals surface area contributed by atoms with E-state index in [0.717, 1.165) is 36.4 Å². The number of benzene rings is 2. The van der Waals surface area contributed by atoms with Gasteiger partial charge in [-0.15, -0.1) is 11.8 Å². The smallest absolute Gasteiger partial charge is 0.334 e. The van der Waals surface area contributed by atoms with Crippen LogP contribution in [0.25, 0.3) is 0 Å². The lowest BCUT2D eigenvalue weighted by Crippen LogP contribution is -2.40. The van der Waals surface area contributed by atoms with Crippen LogP contribution >= 0.6 is 23.4 Å². The highest BCUT2D eigenvalue weighted by Crippen LogP contribution is 2.36. The van der Waals surface area contributed by atoms with Crippen LogP contribution in [-0.4, -0.2) is 42.7 Å². The first-order valence-corrected chi connectivity index (χ1v) is 14.5.